The van der Waals surface area contributed by atoms with E-state index in [0.29, 0.717) is 6.42 Å². The van der Waals surface area contributed by atoms with Crippen molar-refractivity contribution >= 4 is 12.0 Å². The molecule has 0 aliphatic carbocycles. The fraction of sp³-hybridized carbons (Fsp3) is 0.250. The van der Waals surface area contributed by atoms with Crippen LogP contribution in [0.4, 0.5) is 0 Å². The molecule has 0 saturated heterocycles. The number of allylic oxidation sites excluding steroid dienone is 1. The van der Waals surface area contributed by atoms with Crippen LogP contribution in [-0.4, -0.2) is 11.1 Å². The van der Waals surface area contributed by atoms with Crippen LogP contribution in [0.25, 0.3) is 6.08 Å². The quantitative estimate of drug-likeness (QED) is 0.725. The van der Waals surface area contributed by atoms with Crippen molar-refractivity contribution in [3.63, 3.8) is 0 Å². The highest BCUT2D eigenvalue weighted by atomic mass is 16.4. The SMILES string of the molecule is O=C(O)CCC/C=C/c1ccccc1. The summed E-state index contributed by atoms with van der Waals surface area (Å²) in [4.78, 5) is 10.2. The highest BCUT2D eigenvalue weighted by molar-refractivity contribution is 5.66. The van der Waals surface area contributed by atoms with E-state index >= 15 is 0 Å². The normalized spacial score (nSPS) is 10.6. The molecule has 0 fully saturated rings. The van der Waals surface area contributed by atoms with Crippen molar-refractivity contribution < 1.29 is 9.90 Å². The molecule has 0 aliphatic rings. The van der Waals surface area contributed by atoms with E-state index < -0.39 is 5.97 Å². The van der Waals surface area contributed by atoms with E-state index in [1.807, 2.05) is 42.5 Å². The average molecular weight is 190 g/mol. The van der Waals surface area contributed by atoms with Crippen LogP contribution in [-0.2, 0) is 4.79 Å². The molecule has 0 bridgehead atoms. The molecule has 1 rings (SSSR count). The van der Waals surface area contributed by atoms with Crippen LogP contribution in [0, 0.1) is 0 Å². The lowest BCUT2D eigenvalue weighted by molar-refractivity contribution is -0.137. The van der Waals surface area contributed by atoms with Gasteiger partial charge in [-0.25, -0.2) is 0 Å². The fourth-order valence-corrected chi connectivity index (χ4v) is 1.15. The van der Waals surface area contributed by atoms with Gasteiger partial charge in [0, 0.05) is 6.42 Å². The van der Waals surface area contributed by atoms with Gasteiger partial charge in [-0.15, -0.1) is 0 Å². The van der Waals surface area contributed by atoms with Crippen LogP contribution < -0.4 is 0 Å². The predicted octanol–water partition coefficient (Wildman–Crippen LogP) is 2.95. The third-order valence-corrected chi connectivity index (χ3v) is 1.87. The number of unbranched alkanes of at least 4 members (excludes halogenated alkanes) is 1. The van der Waals surface area contributed by atoms with Crippen molar-refractivity contribution in [3.8, 4) is 0 Å². The van der Waals surface area contributed by atoms with Gasteiger partial charge in [-0.1, -0.05) is 42.5 Å². The van der Waals surface area contributed by atoms with Gasteiger partial charge in [-0.05, 0) is 18.4 Å². The van der Waals surface area contributed by atoms with Crippen molar-refractivity contribution in [1.29, 1.82) is 0 Å². The number of aliphatic carboxylic acids is 1. The third kappa shape index (κ3) is 4.45. The van der Waals surface area contributed by atoms with E-state index in [9.17, 15) is 4.79 Å². The van der Waals surface area contributed by atoms with Crippen LogP contribution in [0.2, 0.25) is 0 Å². The first-order chi connectivity index (χ1) is 6.79. The Balaban J connectivity index is 2.25. The monoisotopic (exact) mass is 190 g/mol. The van der Waals surface area contributed by atoms with Crippen molar-refractivity contribution in [2.24, 2.45) is 0 Å². The summed E-state index contributed by atoms with van der Waals surface area (Å²) in [5, 5.41) is 8.41. The number of carbonyl (C=O) groups is 1. The third-order valence-electron chi connectivity index (χ3n) is 1.87. The maximum atomic E-state index is 10.2. The second kappa shape index (κ2) is 5.97. The van der Waals surface area contributed by atoms with Crippen molar-refractivity contribution in [3.05, 3.63) is 42.0 Å². The Morgan fingerprint density at radius 3 is 2.64 bits per heavy atom. The molecule has 74 valence electrons. The number of carboxylic acid groups (broad SMARTS) is 1. The maximum absolute atomic E-state index is 10.2. The molecule has 0 unspecified atom stereocenters. The van der Waals surface area contributed by atoms with Crippen LogP contribution >= 0.6 is 0 Å². The van der Waals surface area contributed by atoms with Crippen LogP contribution in [0.3, 0.4) is 0 Å². The van der Waals surface area contributed by atoms with Gasteiger partial charge in [0.1, 0.15) is 0 Å². The van der Waals surface area contributed by atoms with E-state index in [-0.39, 0.29) is 6.42 Å². The van der Waals surface area contributed by atoms with Crippen LogP contribution in [0.15, 0.2) is 36.4 Å². The zero-order valence-electron chi connectivity index (χ0n) is 8.02. The van der Waals surface area contributed by atoms with Gasteiger partial charge in [0.05, 0.1) is 0 Å². The minimum Gasteiger partial charge on any atom is -0.481 e. The molecule has 1 aromatic rings. The van der Waals surface area contributed by atoms with Crippen molar-refractivity contribution in [1.82, 2.24) is 0 Å². The highest BCUT2D eigenvalue weighted by Gasteiger charge is 1.93. The van der Waals surface area contributed by atoms with Gasteiger partial charge in [0.2, 0.25) is 0 Å². The molecule has 0 aliphatic heterocycles. The van der Waals surface area contributed by atoms with Gasteiger partial charge in [-0.2, -0.15) is 0 Å². The van der Waals surface area contributed by atoms with E-state index in [1.54, 1.807) is 0 Å². The summed E-state index contributed by atoms with van der Waals surface area (Å²) in [6.45, 7) is 0. The molecule has 0 saturated carbocycles. The number of rotatable bonds is 5. The van der Waals surface area contributed by atoms with E-state index in [4.69, 9.17) is 5.11 Å². The zero-order chi connectivity index (χ0) is 10.2. The standard InChI is InChI=1S/C12H14O2/c13-12(14)10-6-2-5-9-11-7-3-1-4-8-11/h1,3-5,7-9H,2,6,10H2,(H,13,14)/b9-5+. The number of hydrogen-bond acceptors (Lipinski definition) is 1. The summed E-state index contributed by atoms with van der Waals surface area (Å²) in [5.41, 5.74) is 1.16. The molecule has 0 atom stereocenters. The minimum atomic E-state index is -0.724. The second-order valence-electron chi connectivity index (χ2n) is 3.10. The molecule has 0 spiro atoms. The Bertz CT molecular complexity index is 301. The van der Waals surface area contributed by atoms with Crippen LogP contribution in [0.1, 0.15) is 24.8 Å². The van der Waals surface area contributed by atoms with E-state index in [1.165, 1.54) is 0 Å². The molecule has 1 aromatic carbocycles. The predicted molar refractivity (Wildman–Crippen MR) is 57.0 cm³/mol. The summed E-state index contributed by atoms with van der Waals surface area (Å²) in [6, 6.07) is 9.98. The lowest BCUT2D eigenvalue weighted by Gasteiger charge is -1.92. The fourth-order valence-electron chi connectivity index (χ4n) is 1.15. The average Bonchev–Trinajstić information content (AvgIpc) is 2.18. The van der Waals surface area contributed by atoms with Gasteiger partial charge >= 0.3 is 5.97 Å². The largest absolute Gasteiger partial charge is 0.481 e. The summed E-state index contributed by atoms with van der Waals surface area (Å²) < 4.78 is 0. The molecule has 0 radical (unpaired) electrons. The van der Waals surface area contributed by atoms with Gasteiger partial charge in [0.25, 0.3) is 0 Å². The lowest BCUT2D eigenvalue weighted by Crippen LogP contribution is -1.92. The molecule has 0 heterocycles. The molecule has 0 aromatic heterocycles. The first kappa shape index (κ1) is 10.5. The Morgan fingerprint density at radius 1 is 1.29 bits per heavy atom. The number of hydrogen-bond donors (Lipinski definition) is 1. The van der Waals surface area contributed by atoms with Gasteiger partial charge in [-0.3, -0.25) is 4.79 Å². The number of carboxylic acids is 1. The van der Waals surface area contributed by atoms with Crippen molar-refractivity contribution in [2.45, 2.75) is 19.3 Å². The van der Waals surface area contributed by atoms with Gasteiger partial charge < -0.3 is 5.11 Å². The molecule has 14 heavy (non-hydrogen) atoms. The Labute approximate surface area is 83.9 Å². The molecule has 2 heteroatoms. The molecular weight excluding hydrogens is 176 g/mol. The first-order valence-corrected chi connectivity index (χ1v) is 4.72. The molecule has 2 nitrogen and oxygen atoms in total. The van der Waals surface area contributed by atoms with E-state index in [0.717, 1.165) is 12.0 Å². The van der Waals surface area contributed by atoms with E-state index in [2.05, 4.69) is 0 Å². The minimum absolute atomic E-state index is 0.249. The van der Waals surface area contributed by atoms with Crippen LogP contribution in [0.5, 0.6) is 0 Å². The lowest BCUT2D eigenvalue weighted by atomic mass is 10.1. The summed E-state index contributed by atoms with van der Waals surface area (Å²) >= 11 is 0. The van der Waals surface area contributed by atoms with Gasteiger partial charge in [0.15, 0.2) is 0 Å². The maximum Gasteiger partial charge on any atom is 0.303 e. The summed E-state index contributed by atoms with van der Waals surface area (Å²) in [5.74, 6) is -0.724. The first-order valence-electron chi connectivity index (χ1n) is 4.72. The smallest absolute Gasteiger partial charge is 0.303 e. The summed E-state index contributed by atoms with van der Waals surface area (Å²) in [7, 11) is 0. The Hall–Kier alpha value is -1.57. The highest BCUT2D eigenvalue weighted by Crippen LogP contribution is 2.03. The topological polar surface area (TPSA) is 37.3 Å². The Kier molecular flexibility index (Phi) is 4.48. The van der Waals surface area contributed by atoms with Crippen molar-refractivity contribution in [2.75, 3.05) is 0 Å². The molecule has 1 N–H and O–H groups in total. The molecule has 0 amide bonds. The Morgan fingerprint density at radius 2 is 2.00 bits per heavy atom. The molecular formula is C12H14O2. The second-order valence-corrected chi connectivity index (χ2v) is 3.10. The zero-order valence-corrected chi connectivity index (χ0v) is 8.02. The number of benzene rings is 1. The summed E-state index contributed by atoms with van der Waals surface area (Å²) in [6.07, 6.45) is 5.80.